The highest BCUT2D eigenvalue weighted by Crippen LogP contribution is 2.06. The lowest BCUT2D eigenvalue weighted by atomic mass is 10.3. The number of aldehydes is 1. The second-order valence-electron chi connectivity index (χ2n) is 0.731. The van der Waals surface area contributed by atoms with Gasteiger partial charge in [0.25, 0.3) is 0 Å². The zero-order chi connectivity index (χ0) is 7.21. The van der Waals surface area contributed by atoms with Crippen LogP contribution in [0.2, 0.25) is 0 Å². The number of hydrogen-bond acceptors (Lipinski definition) is 1. The first-order valence-corrected chi connectivity index (χ1v) is 1.69. The van der Waals surface area contributed by atoms with Gasteiger partial charge in [-0.1, -0.05) is 0 Å². The van der Waals surface area contributed by atoms with Crippen molar-refractivity contribution < 1.29 is 22.1 Å². The molecule has 0 aromatic heterocycles. The molecule has 0 bridgehead atoms. The maximum Gasteiger partial charge on any atom is 0.673 e. The average molecular weight is 131 g/mol. The van der Waals surface area contributed by atoms with E-state index in [-0.39, 0.29) is 0 Å². The van der Waals surface area contributed by atoms with Crippen molar-refractivity contribution in [1.29, 1.82) is 0 Å². The van der Waals surface area contributed by atoms with Crippen LogP contribution in [-0.4, -0.2) is 13.5 Å². The van der Waals surface area contributed by atoms with Crippen molar-refractivity contribution in [2.45, 2.75) is 6.92 Å². The van der Waals surface area contributed by atoms with E-state index in [9.17, 15) is 17.3 Å². The molecule has 0 saturated carbocycles. The summed E-state index contributed by atoms with van der Waals surface area (Å²) in [5.41, 5.74) is 0. The van der Waals surface area contributed by atoms with Gasteiger partial charge < -0.3 is 22.1 Å². The van der Waals surface area contributed by atoms with E-state index in [1.807, 2.05) is 0 Å². The normalized spacial score (nSPS) is 9.12. The molecule has 0 unspecified atom stereocenters. The number of halogens is 4. The molecule has 0 aromatic carbocycles. The molecule has 8 heavy (non-hydrogen) atoms. The lowest BCUT2D eigenvalue weighted by Crippen LogP contribution is -2.02. The quantitative estimate of drug-likeness (QED) is 0.276. The van der Waals surface area contributed by atoms with E-state index in [1.54, 1.807) is 0 Å². The highest BCUT2D eigenvalue weighted by molar-refractivity contribution is 6.50. The Hall–Kier alpha value is -0.545. The summed E-state index contributed by atoms with van der Waals surface area (Å²) >= 11 is 0. The predicted molar refractivity (Wildman–Crippen MR) is 21.9 cm³/mol. The van der Waals surface area contributed by atoms with Crippen LogP contribution in [0.15, 0.2) is 0 Å². The van der Waals surface area contributed by atoms with Crippen molar-refractivity contribution in [1.82, 2.24) is 0 Å². The first-order valence-electron chi connectivity index (χ1n) is 1.69. The van der Waals surface area contributed by atoms with E-state index in [0.717, 1.165) is 6.29 Å². The average Bonchev–Trinajstić information content (AvgIpc) is 1.27. The van der Waals surface area contributed by atoms with Crippen LogP contribution in [0.3, 0.4) is 0 Å². The highest BCUT2D eigenvalue weighted by Gasteiger charge is 2.20. The van der Waals surface area contributed by atoms with Gasteiger partial charge in [-0.15, -0.1) is 0 Å². The molecule has 0 saturated heterocycles. The van der Waals surface area contributed by atoms with Crippen molar-refractivity contribution in [2.24, 2.45) is 0 Å². The van der Waals surface area contributed by atoms with Crippen LogP contribution in [0.25, 0.3) is 0 Å². The lowest BCUT2D eigenvalue weighted by Gasteiger charge is -1.94. The Kier molecular flexibility index (Phi) is 6.02. The zero-order valence-electron chi connectivity index (χ0n) is 4.07. The number of carbonyl (C=O) groups is 1. The minimum Gasteiger partial charge on any atom is -0.418 e. The van der Waals surface area contributed by atoms with Gasteiger partial charge in [0.15, 0.2) is 0 Å². The van der Waals surface area contributed by atoms with Gasteiger partial charge in [0, 0.05) is 0 Å². The summed E-state index contributed by atoms with van der Waals surface area (Å²) in [6.45, 7) is 1.44. The van der Waals surface area contributed by atoms with Gasteiger partial charge in [0.1, 0.15) is 6.29 Å². The summed E-state index contributed by atoms with van der Waals surface area (Å²) in [6.07, 6.45) is 0.750. The van der Waals surface area contributed by atoms with Crippen molar-refractivity contribution in [3.63, 3.8) is 0 Å². The van der Waals surface area contributed by atoms with Crippen LogP contribution in [0.1, 0.15) is 6.92 Å². The van der Waals surface area contributed by atoms with E-state index in [1.165, 1.54) is 6.92 Å². The standard InChI is InChI=1S/C2H4O.BF4/c1-2-3;2-1(3,4)5/h2H,1H3;/q;-1. The second kappa shape index (κ2) is 4.61. The van der Waals surface area contributed by atoms with E-state index >= 15 is 0 Å². The minimum atomic E-state index is -6.00. The van der Waals surface area contributed by atoms with Crippen LogP contribution in [0.4, 0.5) is 17.3 Å². The molecule has 50 valence electrons. The highest BCUT2D eigenvalue weighted by atomic mass is 19.5. The summed E-state index contributed by atoms with van der Waals surface area (Å²) in [6, 6.07) is 0. The van der Waals surface area contributed by atoms with Gasteiger partial charge >= 0.3 is 7.25 Å². The molecule has 0 aliphatic carbocycles. The van der Waals surface area contributed by atoms with Gasteiger partial charge in [0.05, 0.1) is 0 Å². The van der Waals surface area contributed by atoms with E-state index in [4.69, 9.17) is 4.79 Å². The van der Waals surface area contributed by atoms with E-state index in [0.29, 0.717) is 0 Å². The fourth-order valence-electron chi connectivity index (χ4n) is 0. The maximum absolute atomic E-state index is 9.75. The van der Waals surface area contributed by atoms with Gasteiger partial charge in [-0.3, -0.25) is 0 Å². The zero-order valence-corrected chi connectivity index (χ0v) is 4.07. The van der Waals surface area contributed by atoms with Crippen LogP contribution in [0, 0.1) is 0 Å². The molecule has 0 aromatic rings. The Bertz CT molecular complexity index is 53.5. The van der Waals surface area contributed by atoms with E-state index in [2.05, 4.69) is 0 Å². The number of rotatable bonds is 0. The second-order valence-corrected chi connectivity index (χ2v) is 0.731. The molecule has 0 aliphatic heterocycles. The van der Waals surface area contributed by atoms with Crippen molar-refractivity contribution in [2.75, 3.05) is 0 Å². The molecule has 0 atom stereocenters. The molecular weight excluding hydrogens is 127 g/mol. The largest absolute Gasteiger partial charge is 0.673 e. The topological polar surface area (TPSA) is 17.1 Å². The lowest BCUT2D eigenvalue weighted by molar-refractivity contribution is -0.106. The van der Waals surface area contributed by atoms with Crippen molar-refractivity contribution in [3.8, 4) is 0 Å². The third-order valence-electron chi connectivity index (χ3n) is 0. The molecule has 6 heteroatoms. The first-order chi connectivity index (χ1) is 3.41. The molecular formula is C2H4BF4O-. The number of carbonyl (C=O) groups excluding carboxylic acids is 1. The Labute approximate surface area is 43.8 Å². The van der Waals surface area contributed by atoms with Crippen molar-refractivity contribution in [3.05, 3.63) is 0 Å². The Morgan fingerprint density at radius 1 is 1.25 bits per heavy atom. The summed E-state index contributed by atoms with van der Waals surface area (Å²) in [4.78, 5) is 8.81. The van der Waals surface area contributed by atoms with Crippen LogP contribution < -0.4 is 0 Å². The Morgan fingerprint density at radius 2 is 1.25 bits per heavy atom. The molecule has 0 fully saturated rings. The summed E-state index contributed by atoms with van der Waals surface area (Å²) in [5.74, 6) is 0. The van der Waals surface area contributed by atoms with Gasteiger partial charge in [-0.25, -0.2) is 0 Å². The molecule has 0 aliphatic rings. The SMILES string of the molecule is CC=O.F[B-](F)(F)F. The van der Waals surface area contributed by atoms with Crippen molar-refractivity contribution >= 4 is 13.5 Å². The predicted octanol–water partition coefficient (Wildman–Crippen LogP) is 1.51. The maximum atomic E-state index is 9.75. The fourth-order valence-corrected chi connectivity index (χ4v) is 0. The molecule has 0 N–H and O–H groups in total. The number of hydrogen-bond donors (Lipinski definition) is 0. The monoisotopic (exact) mass is 131 g/mol. The smallest absolute Gasteiger partial charge is 0.418 e. The summed E-state index contributed by atoms with van der Waals surface area (Å²) < 4.78 is 39.0. The summed E-state index contributed by atoms with van der Waals surface area (Å²) in [5, 5.41) is 0. The Balaban J connectivity index is 0. The van der Waals surface area contributed by atoms with Crippen LogP contribution in [-0.2, 0) is 4.79 Å². The molecule has 0 radical (unpaired) electrons. The molecule has 0 rings (SSSR count). The van der Waals surface area contributed by atoms with Crippen LogP contribution in [0.5, 0.6) is 0 Å². The van der Waals surface area contributed by atoms with Gasteiger partial charge in [-0.05, 0) is 6.92 Å². The Morgan fingerprint density at radius 3 is 1.25 bits per heavy atom. The third-order valence-corrected chi connectivity index (χ3v) is 0. The molecule has 0 amide bonds. The fraction of sp³-hybridized carbons (Fsp3) is 0.500. The molecule has 0 heterocycles. The van der Waals surface area contributed by atoms with E-state index < -0.39 is 7.25 Å². The molecule has 0 spiro atoms. The third kappa shape index (κ3) is 364. The summed E-state index contributed by atoms with van der Waals surface area (Å²) in [7, 11) is -6.00. The van der Waals surface area contributed by atoms with Gasteiger partial charge in [0.2, 0.25) is 0 Å². The first kappa shape index (κ1) is 10.4. The molecule has 1 nitrogen and oxygen atoms in total. The van der Waals surface area contributed by atoms with Gasteiger partial charge in [-0.2, -0.15) is 0 Å². The minimum absolute atomic E-state index is 0.750. The van der Waals surface area contributed by atoms with Crippen LogP contribution >= 0.6 is 0 Å².